The molecule has 3 rings (SSSR count). The summed E-state index contributed by atoms with van der Waals surface area (Å²) in [5.41, 5.74) is 1.82. The van der Waals surface area contributed by atoms with Gasteiger partial charge in [-0.1, -0.05) is 41.6 Å². The summed E-state index contributed by atoms with van der Waals surface area (Å²) in [6.45, 7) is 6.61. The fraction of sp³-hybridized carbons (Fsp3) is 0.190. The Labute approximate surface area is 178 Å². The van der Waals surface area contributed by atoms with Crippen LogP contribution in [0.25, 0.3) is 0 Å². The maximum absolute atomic E-state index is 12.2. The van der Waals surface area contributed by atoms with Crippen LogP contribution in [0.4, 0.5) is 5.69 Å². The molecule has 0 fully saturated rings. The normalized spacial score (nSPS) is 10.6. The number of nitrogens with zero attached hydrogens (tertiary/aromatic N) is 3. The van der Waals surface area contributed by atoms with Crippen molar-refractivity contribution in [3.8, 4) is 5.75 Å². The number of allylic oxidation sites excluding steroid dienone is 1. The van der Waals surface area contributed by atoms with E-state index in [0.29, 0.717) is 28.2 Å². The van der Waals surface area contributed by atoms with Crippen molar-refractivity contribution in [1.29, 1.82) is 0 Å². The van der Waals surface area contributed by atoms with Crippen molar-refractivity contribution in [2.24, 2.45) is 0 Å². The van der Waals surface area contributed by atoms with Crippen molar-refractivity contribution in [3.05, 3.63) is 77.6 Å². The average Bonchev–Trinajstić information content (AvgIpc) is 3.09. The van der Waals surface area contributed by atoms with Gasteiger partial charge in [0.1, 0.15) is 12.4 Å². The topological polar surface area (TPSA) is 69.0 Å². The van der Waals surface area contributed by atoms with Crippen LogP contribution in [0.15, 0.2) is 66.3 Å². The highest BCUT2D eigenvalue weighted by Gasteiger charge is 2.14. The van der Waals surface area contributed by atoms with Gasteiger partial charge in [-0.05, 0) is 48.9 Å². The van der Waals surface area contributed by atoms with E-state index in [0.717, 1.165) is 11.3 Å². The van der Waals surface area contributed by atoms with Gasteiger partial charge < -0.3 is 10.1 Å². The Morgan fingerprint density at radius 2 is 2.07 bits per heavy atom. The Morgan fingerprint density at radius 1 is 1.28 bits per heavy atom. The Balaban J connectivity index is 1.60. The first kappa shape index (κ1) is 21.0. The van der Waals surface area contributed by atoms with Crippen molar-refractivity contribution in [3.63, 3.8) is 0 Å². The molecule has 0 aliphatic heterocycles. The molecular weight excluding hydrogens is 408 g/mol. The molecule has 0 spiro atoms. The number of thioether (sulfide) groups is 1. The predicted molar refractivity (Wildman–Crippen MR) is 117 cm³/mol. The first-order chi connectivity index (χ1) is 14.0. The van der Waals surface area contributed by atoms with E-state index in [4.69, 9.17) is 16.3 Å². The molecule has 150 valence electrons. The van der Waals surface area contributed by atoms with Gasteiger partial charge in [0, 0.05) is 17.3 Å². The number of ether oxygens (including phenoxy) is 1. The average molecular weight is 429 g/mol. The van der Waals surface area contributed by atoms with Crippen LogP contribution in [0.3, 0.4) is 0 Å². The van der Waals surface area contributed by atoms with E-state index >= 15 is 0 Å². The number of halogens is 1. The van der Waals surface area contributed by atoms with Gasteiger partial charge in [0.05, 0.1) is 5.75 Å². The lowest BCUT2D eigenvalue weighted by atomic mass is 10.2. The lowest BCUT2D eigenvalue weighted by Gasteiger charge is -2.10. The van der Waals surface area contributed by atoms with Gasteiger partial charge in [0.25, 0.3) is 0 Å². The summed E-state index contributed by atoms with van der Waals surface area (Å²) in [5.74, 6) is 1.51. The second-order valence-corrected chi connectivity index (χ2v) is 7.63. The van der Waals surface area contributed by atoms with E-state index in [1.807, 2.05) is 35.8 Å². The highest BCUT2D eigenvalue weighted by molar-refractivity contribution is 7.99. The molecule has 6 nitrogen and oxygen atoms in total. The number of amides is 1. The van der Waals surface area contributed by atoms with Gasteiger partial charge >= 0.3 is 0 Å². The van der Waals surface area contributed by atoms with Crippen molar-refractivity contribution in [1.82, 2.24) is 14.8 Å². The summed E-state index contributed by atoms with van der Waals surface area (Å²) < 4.78 is 7.72. The molecule has 1 N–H and O–H groups in total. The number of benzene rings is 2. The van der Waals surface area contributed by atoms with E-state index < -0.39 is 0 Å². The summed E-state index contributed by atoms with van der Waals surface area (Å²) in [5, 5.41) is 12.5. The zero-order chi connectivity index (χ0) is 20.6. The molecule has 0 aliphatic rings. The smallest absolute Gasteiger partial charge is 0.234 e. The largest absolute Gasteiger partial charge is 0.486 e. The lowest BCUT2D eigenvalue weighted by molar-refractivity contribution is -0.113. The Kier molecular flexibility index (Phi) is 7.32. The monoisotopic (exact) mass is 428 g/mol. The third-order valence-electron chi connectivity index (χ3n) is 3.92. The molecule has 0 unspecified atom stereocenters. The molecule has 0 saturated heterocycles. The number of hydrogen-bond acceptors (Lipinski definition) is 5. The minimum absolute atomic E-state index is 0.136. The first-order valence-electron chi connectivity index (χ1n) is 8.96. The van der Waals surface area contributed by atoms with Crippen molar-refractivity contribution >= 4 is 35.0 Å². The van der Waals surface area contributed by atoms with E-state index in [2.05, 4.69) is 22.1 Å². The Bertz CT molecular complexity index is 989. The SMILES string of the molecule is C=CCn1c(COc2cccc(C)c2)nnc1SCC(=O)Nc1ccc(Cl)cc1. The van der Waals surface area contributed by atoms with E-state index in [1.165, 1.54) is 11.8 Å². The van der Waals surface area contributed by atoms with E-state index in [1.54, 1.807) is 30.3 Å². The summed E-state index contributed by atoms with van der Waals surface area (Å²) in [6, 6.07) is 14.8. The van der Waals surface area contributed by atoms with Gasteiger partial charge in [0.2, 0.25) is 5.91 Å². The summed E-state index contributed by atoms with van der Waals surface area (Å²) in [7, 11) is 0. The molecule has 0 saturated carbocycles. The lowest BCUT2D eigenvalue weighted by Crippen LogP contribution is -2.15. The molecule has 1 aromatic heterocycles. The van der Waals surface area contributed by atoms with Gasteiger partial charge in [-0.2, -0.15) is 0 Å². The molecule has 0 atom stereocenters. The zero-order valence-corrected chi connectivity index (χ0v) is 17.5. The number of hydrogen-bond donors (Lipinski definition) is 1. The van der Waals surface area contributed by atoms with E-state index in [-0.39, 0.29) is 18.3 Å². The highest BCUT2D eigenvalue weighted by Crippen LogP contribution is 2.20. The van der Waals surface area contributed by atoms with Gasteiger partial charge in [-0.15, -0.1) is 16.8 Å². The van der Waals surface area contributed by atoms with Crippen molar-refractivity contribution < 1.29 is 9.53 Å². The number of aryl methyl sites for hydroxylation is 1. The third-order valence-corrected chi connectivity index (χ3v) is 5.14. The molecule has 0 aliphatic carbocycles. The molecule has 8 heteroatoms. The number of aromatic nitrogens is 3. The van der Waals surface area contributed by atoms with Crippen LogP contribution in [0, 0.1) is 6.92 Å². The molecule has 1 heterocycles. The van der Waals surface area contributed by atoms with Gasteiger partial charge in [-0.3, -0.25) is 9.36 Å². The number of carbonyl (C=O) groups excluding carboxylic acids is 1. The fourth-order valence-electron chi connectivity index (χ4n) is 2.56. The Hall–Kier alpha value is -2.77. The van der Waals surface area contributed by atoms with Gasteiger partial charge in [-0.25, -0.2) is 0 Å². The standard InChI is InChI=1S/C21H21ClN4O2S/c1-3-11-26-19(13-28-18-6-4-5-15(2)12-18)24-25-21(26)29-14-20(27)23-17-9-7-16(22)8-10-17/h3-10,12H,1,11,13-14H2,2H3,(H,23,27). The maximum Gasteiger partial charge on any atom is 0.234 e. The van der Waals surface area contributed by atoms with E-state index in [9.17, 15) is 4.79 Å². The molecule has 29 heavy (non-hydrogen) atoms. The van der Waals surface area contributed by atoms with Crippen LogP contribution < -0.4 is 10.1 Å². The quantitative estimate of drug-likeness (QED) is 0.394. The molecule has 0 bridgehead atoms. The van der Waals surface area contributed by atoms with Crippen LogP contribution in [0.1, 0.15) is 11.4 Å². The minimum Gasteiger partial charge on any atom is -0.486 e. The number of anilines is 1. The molecule has 2 aromatic carbocycles. The van der Waals surface area contributed by atoms with Crippen LogP contribution >= 0.6 is 23.4 Å². The zero-order valence-electron chi connectivity index (χ0n) is 16.0. The summed E-state index contributed by atoms with van der Waals surface area (Å²) in [4.78, 5) is 12.2. The van der Waals surface area contributed by atoms with Crippen LogP contribution in [-0.4, -0.2) is 26.4 Å². The Morgan fingerprint density at radius 3 is 2.79 bits per heavy atom. The van der Waals surface area contributed by atoms with Crippen LogP contribution in [-0.2, 0) is 17.9 Å². The highest BCUT2D eigenvalue weighted by atomic mass is 35.5. The second-order valence-electron chi connectivity index (χ2n) is 6.25. The predicted octanol–water partition coefficient (Wildman–Crippen LogP) is 4.74. The first-order valence-corrected chi connectivity index (χ1v) is 10.3. The molecule has 0 radical (unpaired) electrons. The fourth-order valence-corrected chi connectivity index (χ4v) is 3.45. The number of carbonyl (C=O) groups is 1. The van der Waals surface area contributed by atoms with Crippen LogP contribution in [0.5, 0.6) is 5.75 Å². The molecule has 3 aromatic rings. The minimum atomic E-state index is -0.136. The van der Waals surface area contributed by atoms with Crippen molar-refractivity contribution in [2.45, 2.75) is 25.2 Å². The number of rotatable bonds is 9. The van der Waals surface area contributed by atoms with Crippen LogP contribution in [0.2, 0.25) is 5.02 Å². The van der Waals surface area contributed by atoms with Gasteiger partial charge in [0.15, 0.2) is 11.0 Å². The molecule has 1 amide bonds. The second kappa shape index (κ2) is 10.1. The summed E-state index contributed by atoms with van der Waals surface area (Å²) in [6.07, 6.45) is 1.76. The summed E-state index contributed by atoms with van der Waals surface area (Å²) >= 11 is 7.17. The third kappa shape index (κ3) is 6.10. The number of nitrogens with one attached hydrogen (secondary N) is 1. The maximum atomic E-state index is 12.2. The molecular formula is C21H21ClN4O2S. The van der Waals surface area contributed by atoms with Crippen molar-refractivity contribution in [2.75, 3.05) is 11.1 Å².